The Bertz CT molecular complexity index is 961. The molecule has 5 nitrogen and oxygen atoms in total. The Balaban J connectivity index is 1.74. The van der Waals surface area contributed by atoms with Gasteiger partial charge in [0.25, 0.3) is 0 Å². The van der Waals surface area contributed by atoms with Crippen molar-refractivity contribution in [2.75, 3.05) is 13.7 Å². The Kier molecular flexibility index (Phi) is 4.59. The van der Waals surface area contributed by atoms with Crippen LogP contribution in [-0.4, -0.2) is 27.1 Å². The molecule has 0 aliphatic rings. The minimum atomic E-state index is -3.50. The van der Waals surface area contributed by atoms with Gasteiger partial charge in [0.1, 0.15) is 5.75 Å². The number of sulfonamides is 1. The van der Waals surface area contributed by atoms with Gasteiger partial charge < -0.3 is 9.72 Å². The van der Waals surface area contributed by atoms with Crippen LogP contribution in [0.3, 0.4) is 0 Å². The zero-order chi connectivity index (χ0) is 17.2. The average molecular weight is 344 g/mol. The van der Waals surface area contributed by atoms with Crippen LogP contribution >= 0.6 is 0 Å². The largest absolute Gasteiger partial charge is 0.497 e. The van der Waals surface area contributed by atoms with E-state index in [1.807, 2.05) is 30.5 Å². The summed E-state index contributed by atoms with van der Waals surface area (Å²) in [5.74, 6) is 0.781. The highest BCUT2D eigenvalue weighted by atomic mass is 32.2. The van der Waals surface area contributed by atoms with Crippen molar-refractivity contribution in [3.8, 4) is 5.75 Å². The second-order valence-corrected chi connectivity index (χ2v) is 7.37. The van der Waals surface area contributed by atoms with Crippen LogP contribution in [0.5, 0.6) is 5.75 Å². The first-order valence-corrected chi connectivity index (χ1v) is 9.19. The first-order valence-electron chi connectivity index (χ1n) is 7.70. The molecule has 0 amide bonds. The van der Waals surface area contributed by atoms with Crippen LogP contribution in [0.2, 0.25) is 0 Å². The molecule has 3 rings (SSSR count). The number of nitrogens with one attached hydrogen (secondary N) is 2. The van der Waals surface area contributed by atoms with Crippen molar-refractivity contribution < 1.29 is 13.2 Å². The molecule has 0 radical (unpaired) electrons. The third-order valence-corrected chi connectivity index (χ3v) is 5.67. The van der Waals surface area contributed by atoms with E-state index in [-0.39, 0.29) is 0 Å². The van der Waals surface area contributed by atoms with Gasteiger partial charge in [0.05, 0.1) is 12.0 Å². The van der Waals surface area contributed by atoms with Gasteiger partial charge >= 0.3 is 0 Å². The second kappa shape index (κ2) is 6.67. The minimum Gasteiger partial charge on any atom is -0.497 e. The molecule has 3 aromatic rings. The molecule has 0 saturated carbocycles. The summed E-state index contributed by atoms with van der Waals surface area (Å²) in [6, 6.07) is 12.8. The van der Waals surface area contributed by atoms with Gasteiger partial charge in [-0.2, -0.15) is 0 Å². The molecule has 0 unspecified atom stereocenters. The zero-order valence-electron chi connectivity index (χ0n) is 13.7. The summed E-state index contributed by atoms with van der Waals surface area (Å²) in [5.41, 5.74) is 2.80. The number of rotatable bonds is 6. The lowest BCUT2D eigenvalue weighted by atomic mass is 10.1. The Morgan fingerprint density at radius 2 is 1.96 bits per heavy atom. The van der Waals surface area contributed by atoms with E-state index in [1.165, 1.54) is 0 Å². The number of aromatic amines is 1. The van der Waals surface area contributed by atoms with Crippen molar-refractivity contribution in [3.05, 3.63) is 59.8 Å². The van der Waals surface area contributed by atoms with E-state index in [0.29, 0.717) is 17.9 Å². The number of ether oxygens (including phenoxy) is 1. The predicted octanol–water partition coefficient (Wildman–Crippen LogP) is 3.01. The minimum absolute atomic E-state index is 0.325. The topological polar surface area (TPSA) is 71.2 Å². The maximum atomic E-state index is 12.4. The number of hydrogen-bond acceptors (Lipinski definition) is 3. The van der Waals surface area contributed by atoms with Gasteiger partial charge in [-0.15, -0.1) is 0 Å². The number of methoxy groups -OCH3 is 1. The van der Waals surface area contributed by atoms with E-state index in [0.717, 1.165) is 27.8 Å². The summed E-state index contributed by atoms with van der Waals surface area (Å²) in [4.78, 5) is 3.52. The van der Waals surface area contributed by atoms with Crippen molar-refractivity contribution in [1.29, 1.82) is 0 Å². The second-order valence-electron chi connectivity index (χ2n) is 5.64. The van der Waals surface area contributed by atoms with Crippen LogP contribution in [0, 0.1) is 6.92 Å². The normalized spacial score (nSPS) is 11.8. The number of benzene rings is 2. The fourth-order valence-electron chi connectivity index (χ4n) is 2.75. The molecule has 1 aromatic heterocycles. The van der Waals surface area contributed by atoms with Crippen molar-refractivity contribution in [2.24, 2.45) is 0 Å². The molecule has 0 aliphatic carbocycles. The van der Waals surface area contributed by atoms with Crippen molar-refractivity contribution in [3.63, 3.8) is 0 Å². The molecule has 1 heterocycles. The Labute approximate surface area is 141 Å². The summed E-state index contributed by atoms with van der Waals surface area (Å²) >= 11 is 0. The lowest BCUT2D eigenvalue weighted by Crippen LogP contribution is -2.26. The summed E-state index contributed by atoms with van der Waals surface area (Å²) in [6.45, 7) is 2.13. The first-order chi connectivity index (χ1) is 11.5. The standard InChI is InChI=1S/C18H20N2O3S/c1-13-5-3-4-6-18(13)24(21,22)20-10-9-14-12-19-17-8-7-15(23-2)11-16(14)17/h3-8,11-12,19-20H,9-10H2,1-2H3. The fourth-order valence-corrected chi connectivity index (χ4v) is 4.02. The van der Waals surface area contributed by atoms with Crippen LogP contribution in [0.4, 0.5) is 0 Å². The molecule has 2 N–H and O–H groups in total. The van der Waals surface area contributed by atoms with Gasteiger partial charge in [0.15, 0.2) is 0 Å². The number of fused-ring (bicyclic) bond motifs is 1. The zero-order valence-corrected chi connectivity index (χ0v) is 14.5. The maximum absolute atomic E-state index is 12.4. The molecular formula is C18H20N2O3S. The van der Waals surface area contributed by atoms with Gasteiger partial charge in [-0.25, -0.2) is 13.1 Å². The number of aryl methyl sites for hydroxylation is 1. The molecule has 24 heavy (non-hydrogen) atoms. The summed E-state index contributed by atoms with van der Waals surface area (Å²) < 4.78 is 32.7. The quantitative estimate of drug-likeness (QED) is 0.722. The molecule has 0 spiro atoms. The number of hydrogen-bond donors (Lipinski definition) is 2. The fraction of sp³-hybridized carbons (Fsp3) is 0.222. The van der Waals surface area contributed by atoms with Gasteiger partial charge in [0, 0.05) is 23.6 Å². The van der Waals surface area contributed by atoms with Gasteiger partial charge in [-0.05, 0) is 48.7 Å². The molecule has 0 fully saturated rings. The third-order valence-electron chi connectivity index (χ3n) is 4.04. The monoisotopic (exact) mass is 344 g/mol. The van der Waals surface area contributed by atoms with Crippen molar-refractivity contribution in [1.82, 2.24) is 9.71 Å². The van der Waals surface area contributed by atoms with E-state index in [9.17, 15) is 8.42 Å². The molecule has 0 atom stereocenters. The number of aromatic nitrogens is 1. The average Bonchev–Trinajstić information content (AvgIpc) is 2.97. The van der Waals surface area contributed by atoms with Gasteiger partial charge in [0.2, 0.25) is 10.0 Å². The Morgan fingerprint density at radius 3 is 2.71 bits per heavy atom. The summed E-state index contributed by atoms with van der Waals surface area (Å²) in [5, 5.41) is 1.05. The lowest BCUT2D eigenvalue weighted by Gasteiger charge is -2.09. The summed E-state index contributed by atoms with van der Waals surface area (Å²) in [6.07, 6.45) is 2.50. The van der Waals surface area contributed by atoms with Crippen LogP contribution < -0.4 is 9.46 Å². The molecule has 0 saturated heterocycles. The molecular weight excluding hydrogens is 324 g/mol. The molecule has 6 heteroatoms. The van der Waals surface area contributed by atoms with Crippen molar-refractivity contribution in [2.45, 2.75) is 18.2 Å². The van der Waals surface area contributed by atoms with E-state index in [2.05, 4.69) is 9.71 Å². The first kappa shape index (κ1) is 16.5. The molecule has 0 bridgehead atoms. The summed E-state index contributed by atoms with van der Waals surface area (Å²) in [7, 11) is -1.87. The number of H-pyrrole nitrogens is 1. The molecule has 126 valence electrons. The third kappa shape index (κ3) is 3.29. The van der Waals surface area contributed by atoms with E-state index < -0.39 is 10.0 Å². The van der Waals surface area contributed by atoms with E-state index >= 15 is 0 Å². The highest BCUT2D eigenvalue weighted by Crippen LogP contribution is 2.24. The molecule has 2 aromatic carbocycles. The maximum Gasteiger partial charge on any atom is 0.240 e. The van der Waals surface area contributed by atoms with E-state index in [4.69, 9.17) is 4.74 Å². The predicted molar refractivity (Wildman–Crippen MR) is 94.9 cm³/mol. The van der Waals surface area contributed by atoms with Gasteiger partial charge in [-0.3, -0.25) is 0 Å². The molecule has 0 aliphatic heterocycles. The van der Waals surface area contributed by atoms with Crippen LogP contribution in [0.25, 0.3) is 10.9 Å². The lowest BCUT2D eigenvalue weighted by molar-refractivity contribution is 0.415. The highest BCUT2D eigenvalue weighted by Gasteiger charge is 2.15. The SMILES string of the molecule is COc1ccc2[nH]cc(CCNS(=O)(=O)c3ccccc3C)c2c1. The van der Waals surface area contributed by atoms with E-state index in [1.54, 1.807) is 32.2 Å². The van der Waals surface area contributed by atoms with Crippen LogP contribution in [-0.2, 0) is 16.4 Å². The Hall–Kier alpha value is -2.31. The smallest absolute Gasteiger partial charge is 0.240 e. The van der Waals surface area contributed by atoms with Crippen molar-refractivity contribution >= 4 is 20.9 Å². The van der Waals surface area contributed by atoms with Crippen LogP contribution in [0.1, 0.15) is 11.1 Å². The van der Waals surface area contributed by atoms with Crippen LogP contribution in [0.15, 0.2) is 53.6 Å². The highest BCUT2D eigenvalue weighted by molar-refractivity contribution is 7.89. The van der Waals surface area contributed by atoms with Gasteiger partial charge in [-0.1, -0.05) is 18.2 Å². The Morgan fingerprint density at radius 1 is 1.17 bits per heavy atom.